The molecule has 1 heterocycles. The van der Waals surface area contributed by atoms with Gasteiger partial charge >= 0.3 is 6.18 Å². The summed E-state index contributed by atoms with van der Waals surface area (Å²) in [6.45, 7) is 0.461. The largest absolute Gasteiger partial charge is 0.496 e. The van der Waals surface area contributed by atoms with Crippen LogP contribution < -0.4 is 9.64 Å². The van der Waals surface area contributed by atoms with Crippen LogP contribution in [-0.4, -0.2) is 19.6 Å². The Hall–Kier alpha value is -1.72. The van der Waals surface area contributed by atoms with Crippen LogP contribution in [0.15, 0.2) is 18.2 Å². The Morgan fingerprint density at radius 1 is 1.33 bits per heavy atom. The van der Waals surface area contributed by atoms with Gasteiger partial charge in [0.1, 0.15) is 5.75 Å². The number of halogens is 3. The Labute approximate surface area is 102 Å². The third-order valence-electron chi connectivity index (χ3n) is 2.87. The smallest absolute Gasteiger partial charge is 0.420 e. The van der Waals surface area contributed by atoms with E-state index >= 15 is 0 Å². The second-order valence-electron chi connectivity index (χ2n) is 4.03. The maximum atomic E-state index is 12.8. The van der Waals surface area contributed by atoms with E-state index in [1.807, 2.05) is 0 Å². The molecule has 98 valence electrons. The van der Waals surface area contributed by atoms with E-state index in [9.17, 15) is 18.0 Å². The fourth-order valence-corrected chi connectivity index (χ4v) is 2.01. The summed E-state index contributed by atoms with van der Waals surface area (Å²) < 4.78 is 43.1. The molecule has 1 aliphatic heterocycles. The van der Waals surface area contributed by atoms with Gasteiger partial charge in [-0.1, -0.05) is 0 Å². The van der Waals surface area contributed by atoms with Crippen LogP contribution in [-0.2, 0) is 11.0 Å². The van der Waals surface area contributed by atoms with Crippen molar-refractivity contribution in [1.29, 1.82) is 0 Å². The fourth-order valence-electron chi connectivity index (χ4n) is 2.01. The lowest BCUT2D eigenvalue weighted by Crippen LogP contribution is -2.24. The second kappa shape index (κ2) is 4.51. The van der Waals surface area contributed by atoms with Crippen molar-refractivity contribution >= 4 is 11.6 Å². The van der Waals surface area contributed by atoms with Crippen LogP contribution in [0.5, 0.6) is 5.75 Å². The van der Waals surface area contributed by atoms with Crippen molar-refractivity contribution in [3.63, 3.8) is 0 Å². The second-order valence-corrected chi connectivity index (χ2v) is 4.03. The highest BCUT2D eigenvalue weighted by Crippen LogP contribution is 2.39. The Bertz CT molecular complexity index is 471. The van der Waals surface area contributed by atoms with Crippen LogP contribution in [0, 0.1) is 0 Å². The Morgan fingerprint density at radius 2 is 2.06 bits per heavy atom. The lowest BCUT2D eigenvalue weighted by Gasteiger charge is -2.19. The highest BCUT2D eigenvalue weighted by molar-refractivity contribution is 5.95. The minimum Gasteiger partial charge on any atom is -0.496 e. The van der Waals surface area contributed by atoms with E-state index in [1.165, 1.54) is 24.1 Å². The summed E-state index contributed by atoms with van der Waals surface area (Å²) in [6.07, 6.45) is -3.44. The molecular formula is C12H12F3NO2. The van der Waals surface area contributed by atoms with Crippen molar-refractivity contribution in [3.05, 3.63) is 23.8 Å². The average Bonchev–Trinajstić information content (AvgIpc) is 2.73. The number of hydrogen-bond donors (Lipinski definition) is 0. The number of carbonyl (C=O) groups excluding carboxylic acids is 1. The summed E-state index contributed by atoms with van der Waals surface area (Å²) in [5.41, 5.74) is -0.590. The van der Waals surface area contributed by atoms with Crippen molar-refractivity contribution < 1.29 is 22.7 Å². The third-order valence-corrected chi connectivity index (χ3v) is 2.87. The van der Waals surface area contributed by atoms with Gasteiger partial charge in [0.05, 0.1) is 12.7 Å². The van der Waals surface area contributed by atoms with Crippen molar-refractivity contribution in [3.8, 4) is 5.75 Å². The third kappa shape index (κ3) is 2.27. The molecule has 1 aromatic carbocycles. The standard InChI is InChI=1S/C12H12F3NO2/c1-18-10-5-4-8(7-9(10)12(13,14)15)16-6-2-3-11(16)17/h4-5,7H,2-3,6H2,1H3. The molecule has 2 rings (SSSR count). The number of hydrogen-bond acceptors (Lipinski definition) is 2. The zero-order valence-corrected chi connectivity index (χ0v) is 9.75. The molecule has 0 spiro atoms. The van der Waals surface area contributed by atoms with E-state index in [2.05, 4.69) is 0 Å². The fraction of sp³-hybridized carbons (Fsp3) is 0.417. The molecule has 1 amide bonds. The summed E-state index contributed by atoms with van der Waals surface area (Å²) in [7, 11) is 1.19. The molecule has 0 radical (unpaired) electrons. The van der Waals surface area contributed by atoms with Gasteiger partial charge < -0.3 is 9.64 Å². The molecule has 0 bridgehead atoms. The van der Waals surface area contributed by atoms with E-state index in [4.69, 9.17) is 4.74 Å². The molecule has 1 fully saturated rings. The molecular weight excluding hydrogens is 247 g/mol. The Morgan fingerprint density at radius 3 is 2.56 bits per heavy atom. The lowest BCUT2D eigenvalue weighted by atomic mass is 10.1. The molecule has 3 nitrogen and oxygen atoms in total. The molecule has 1 aromatic rings. The van der Waals surface area contributed by atoms with Crippen LogP contribution in [0.3, 0.4) is 0 Å². The molecule has 1 saturated heterocycles. The molecule has 1 aliphatic rings. The van der Waals surface area contributed by atoms with Gasteiger partial charge in [0.25, 0.3) is 0 Å². The van der Waals surface area contributed by atoms with E-state index in [-0.39, 0.29) is 17.3 Å². The summed E-state index contributed by atoms with van der Waals surface area (Å²) in [5.74, 6) is -0.383. The molecule has 0 saturated carbocycles. The van der Waals surface area contributed by atoms with Gasteiger partial charge in [0.15, 0.2) is 0 Å². The van der Waals surface area contributed by atoms with Crippen molar-refractivity contribution in [1.82, 2.24) is 0 Å². The molecule has 0 atom stereocenters. The van der Waals surface area contributed by atoms with Gasteiger partial charge in [0.2, 0.25) is 5.91 Å². The lowest BCUT2D eigenvalue weighted by molar-refractivity contribution is -0.138. The number of nitrogens with zero attached hydrogens (tertiary/aromatic N) is 1. The summed E-state index contributed by atoms with van der Waals surface area (Å²) in [6, 6.07) is 3.67. The van der Waals surface area contributed by atoms with Crippen LogP contribution >= 0.6 is 0 Å². The van der Waals surface area contributed by atoms with E-state index in [1.54, 1.807) is 0 Å². The quantitative estimate of drug-likeness (QED) is 0.817. The molecule has 0 unspecified atom stereocenters. The molecule has 0 N–H and O–H groups in total. The van der Waals surface area contributed by atoms with Crippen LogP contribution in [0.1, 0.15) is 18.4 Å². The molecule has 0 aromatic heterocycles. The number of rotatable bonds is 2. The first-order chi connectivity index (χ1) is 8.43. The number of anilines is 1. The minimum atomic E-state index is -4.50. The van der Waals surface area contributed by atoms with Crippen LogP contribution in [0.4, 0.5) is 18.9 Å². The average molecular weight is 259 g/mol. The minimum absolute atomic E-state index is 0.145. The zero-order valence-electron chi connectivity index (χ0n) is 9.75. The first-order valence-electron chi connectivity index (χ1n) is 5.49. The van der Waals surface area contributed by atoms with Gasteiger partial charge in [-0.25, -0.2) is 0 Å². The SMILES string of the molecule is COc1ccc(N2CCCC2=O)cc1C(F)(F)F. The first-order valence-corrected chi connectivity index (χ1v) is 5.49. The summed E-state index contributed by atoms with van der Waals surface area (Å²) >= 11 is 0. The number of ether oxygens (including phenoxy) is 1. The number of carbonyl (C=O) groups is 1. The van der Waals surface area contributed by atoms with Crippen LogP contribution in [0.2, 0.25) is 0 Å². The summed E-state index contributed by atoms with van der Waals surface area (Å²) in [4.78, 5) is 12.9. The molecule has 18 heavy (non-hydrogen) atoms. The van der Waals surface area contributed by atoms with Crippen molar-refractivity contribution in [2.45, 2.75) is 19.0 Å². The normalized spacial score (nSPS) is 16.2. The van der Waals surface area contributed by atoms with Crippen molar-refractivity contribution in [2.75, 3.05) is 18.6 Å². The summed E-state index contributed by atoms with van der Waals surface area (Å²) in [5, 5.41) is 0. The van der Waals surface area contributed by atoms with Crippen LogP contribution in [0.25, 0.3) is 0 Å². The van der Waals surface area contributed by atoms with E-state index in [0.29, 0.717) is 19.4 Å². The first kappa shape index (κ1) is 12.7. The number of methoxy groups -OCH3 is 1. The maximum absolute atomic E-state index is 12.8. The van der Waals surface area contributed by atoms with Gasteiger partial charge in [-0.15, -0.1) is 0 Å². The van der Waals surface area contributed by atoms with Gasteiger partial charge in [-0.3, -0.25) is 4.79 Å². The zero-order chi connectivity index (χ0) is 13.3. The molecule has 6 heteroatoms. The Balaban J connectivity index is 2.43. The topological polar surface area (TPSA) is 29.5 Å². The number of benzene rings is 1. The van der Waals surface area contributed by atoms with Gasteiger partial charge in [-0.05, 0) is 24.6 Å². The number of alkyl halides is 3. The monoisotopic (exact) mass is 259 g/mol. The maximum Gasteiger partial charge on any atom is 0.420 e. The predicted octanol–water partition coefficient (Wildman–Crippen LogP) is 2.84. The van der Waals surface area contributed by atoms with Crippen molar-refractivity contribution in [2.24, 2.45) is 0 Å². The molecule has 0 aliphatic carbocycles. The number of amides is 1. The van der Waals surface area contributed by atoms with E-state index < -0.39 is 11.7 Å². The van der Waals surface area contributed by atoms with E-state index in [0.717, 1.165) is 6.07 Å². The Kier molecular flexibility index (Phi) is 3.19. The highest BCUT2D eigenvalue weighted by Gasteiger charge is 2.35. The predicted molar refractivity (Wildman–Crippen MR) is 59.6 cm³/mol. The van der Waals surface area contributed by atoms with Gasteiger partial charge in [0, 0.05) is 18.7 Å². The van der Waals surface area contributed by atoms with Gasteiger partial charge in [-0.2, -0.15) is 13.2 Å². The highest BCUT2D eigenvalue weighted by atomic mass is 19.4.